The number of carbonyl (C=O) groups is 1. The number of anilines is 1. The average molecular weight is 339 g/mol. The summed E-state index contributed by atoms with van der Waals surface area (Å²) in [6.45, 7) is 2.67. The van der Waals surface area contributed by atoms with E-state index in [1.165, 1.54) is 4.88 Å². The second-order valence-electron chi connectivity index (χ2n) is 4.14. The van der Waals surface area contributed by atoms with Crippen LogP contribution in [0.25, 0.3) is 0 Å². The first-order valence-corrected chi connectivity index (χ1v) is 7.62. The van der Waals surface area contributed by atoms with Gasteiger partial charge in [0.2, 0.25) is 0 Å². The summed E-state index contributed by atoms with van der Waals surface area (Å²) in [6, 6.07) is 9.37. The minimum absolute atomic E-state index is 0.120. The van der Waals surface area contributed by atoms with E-state index < -0.39 is 0 Å². The van der Waals surface area contributed by atoms with E-state index in [0.29, 0.717) is 17.8 Å². The Bertz CT molecular complexity index is 595. The lowest BCUT2D eigenvalue weighted by atomic mass is 10.2. The van der Waals surface area contributed by atoms with Crippen LogP contribution in [0, 0.1) is 0 Å². The Morgan fingerprint density at radius 1 is 1.32 bits per heavy atom. The number of aryl methyl sites for hydroxylation is 1. The van der Waals surface area contributed by atoms with Crippen LogP contribution in [-0.2, 0) is 13.0 Å². The molecule has 0 fully saturated rings. The molecule has 0 unspecified atom stereocenters. The third-order valence-electron chi connectivity index (χ3n) is 2.72. The van der Waals surface area contributed by atoms with Gasteiger partial charge in [0.25, 0.3) is 5.91 Å². The number of carbonyl (C=O) groups excluding carboxylic acids is 1. The molecule has 0 aliphatic rings. The van der Waals surface area contributed by atoms with Crippen molar-refractivity contribution in [2.75, 3.05) is 5.73 Å². The zero-order valence-electron chi connectivity index (χ0n) is 10.6. The lowest BCUT2D eigenvalue weighted by Gasteiger charge is -2.06. The zero-order valence-corrected chi connectivity index (χ0v) is 13.0. The molecule has 1 aromatic heterocycles. The minimum atomic E-state index is -0.120. The SMILES string of the molecule is CCc1ccc(CNC(=O)c2cc(N)ccc2Br)s1. The van der Waals surface area contributed by atoms with Gasteiger partial charge in [-0.25, -0.2) is 0 Å². The Morgan fingerprint density at radius 3 is 2.74 bits per heavy atom. The average Bonchev–Trinajstić information content (AvgIpc) is 2.87. The van der Waals surface area contributed by atoms with E-state index in [0.717, 1.165) is 15.8 Å². The van der Waals surface area contributed by atoms with Crippen molar-refractivity contribution in [1.29, 1.82) is 0 Å². The van der Waals surface area contributed by atoms with E-state index in [-0.39, 0.29) is 5.91 Å². The molecule has 0 aliphatic heterocycles. The first-order valence-electron chi connectivity index (χ1n) is 6.01. The molecule has 0 atom stereocenters. The van der Waals surface area contributed by atoms with Crippen LogP contribution in [0.3, 0.4) is 0 Å². The Hall–Kier alpha value is -1.33. The number of rotatable bonds is 4. The minimum Gasteiger partial charge on any atom is -0.399 e. The number of benzene rings is 1. The van der Waals surface area contributed by atoms with Gasteiger partial charge in [-0.3, -0.25) is 4.79 Å². The highest BCUT2D eigenvalue weighted by Crippen LogP contribution is 2.20. The molecule has 0 saturated heterocycles. The van der Waals surface area contributed by atoms with E-state index in [1.54, 1.807) is 29.5 Å². The second kappa shape index (κ2) is 6.21. The number of amides is 1. The van der Waals surface area contributed by atoms with E-state index >= 15 is 0 Å². The molecule has 3 nitrogen and oxygen atoms in total. The van der Waals surface area contributed by atoms with Gasteiger partial charge < -0.3 is 11.1 Å². The van der Waals surface area contributed by atoms with Crippen molar-refractivity contribution in [2.24, 2.45) is 0 Å². The summed E-state index contributed by atoms with van der Waals surface area (Å²) in [4.78, 5) is 14.6. The topological polar surface area (TPSA) is 55.1 Å². The van der Waals surface area contributed by atoms with Crippen molar-refractivity contribution in [1.82, 2.24) is 5.32 Å². The molecule has 100 valence electrons. The fraction of sp³-hybridized carbons (Fsp3) is 0.214. The molecule has 1 amide bonds. The fourth-order valence-corrected chi connectivity index (χ4v) is 3.01. The van der Waals surface area contributed by atoms with Crippen LogP contribution in [0.15, 0.2) is 34.8 Å². The smallest absolute Gasteiger partial charge is 0.252 e. The van der Waals surface area contributed by atoms with Gasteiger partial charge in [-0.15, -0.1) is 11.3 Å². The van der Waals surface area contributed by atoms with Crippen molar-refractivity contribution >= 4 is 38.9 Å². The van der Waals surface area contributed by atoms with E-state index in [1.807, 2.05) is 0 Å². The maximum Gasteiger partial charge on any atom is 0.252 e. The largest absolute Gasteiger partial charge is 0.399 e. The molecule has 0 aliphatic carbocycles. The van der Waals surface area contributed by atoms with Gasteiger partial charge in [0, 0.05) is 19.9 Å². The van der Waals surface area contributed by atoms with Crippen LogP contribution >= 0.6 is 27.3 Å². The summed E-state index contributed by atoms with van der Waals surface area (Å²) in [6.07, 6.45) is 1.03. The monoisotopic (exact) mass is 338 g/mol. The number of halogens is 1. The molecule has 5 heteroatoms. The number of thiophene rings is 1. The second-order valence-corrected chi connectivity index (χ2v) is 6.25. The van der Waals surface area contributed by atoms with Crippen LogP contribution in [-0.4, -0.2) is 5.91 Å². The summed E-state index contributed by atoms with van der Waals surface area (Å²) < 4.78 is 0.750. The molecular formula is C14H15BrN2OS. The van der Waals surface area contributed by atoms with Crippen molar-refractivity contribution in [3.05, 3.63) is 50.1 Å². The molecule has 19 heavy (non-hydrogen) atoms. The van der Waals surface area contributed by atoms with Gasteiger partial charge in [-0.2, -0.15) is 0 Å². The first kappa shape index (κ1) is 14.1. The normalized spacial score (nSPS) is 10.4. The Kier molecular flexibility index (Phi) is 4.61. The maximum atomic E-state index is 12.1. The van der Waals surface area contributed by atoms with Gasteiger partial charge in [0.05, 0.1) is 12.1 Å². The van der Waals surface area contributed by atoms with Gasteiger partial charge >= 0.3 is 0 Å². The van der Waals surface area contributed by atoms with E-state index in [4.69, 9.17) is 5.73 Å². The van der Waals surface area contributed by atoms with Crippen LogP contribution < -0.4 is 11.1 Å². The van der Waals surface area contributed by atoms with Crippen molar-refractivity contribution in [2.45, 2.75) is 19.9 Å². The van der Waals surface area contributed by atoms with Gasteiger partial charge in [0.1, 0.15) is 0 Å². The third-order valence-corrected chi connectivity index (χ3v) is 4.65. The number of nitrogen functional groups attached to an aromatic ring is 1. The van der Waals surface area contributed by atoms with Crippen molar-refractivity contribution in [3.63, 3.8) is 0 Å². The molecule has 1 aromatic carbocycles. The summed E-state index contributed by atoms with van der Waals surface area (Å²) in [7, 11) is 0. The summed E-state index contributed by atoms with van der Waals surface area (Å²) in [5.74, 6) is -0.120. The molecule has 2 aromatic rings. The highest BCUT2D eigenvalue weighted by molar-refractivity contribution is 9.10. The quantitative estimate of drug-likeness (QED) is 0.837. The van der Waals surface area contributed by atoms with Crippen LogP contribution in [0.2, 0.25) is 0 Å². The Labute approximate surface area is 125 Å². The number of nitrogens with one attached hydrogen (secondary N) is 1. The van der Waals surface area contributed by atoms with Crippen molar-refractivity contribution < 1.29 is 4.79 Å². The summed E-state index contributed by atoms with van der Waals surface area (Å²) >= 11 is 5.09. The Balaban J connectivity index is 2.03. The standard InChI is InChI=1S/C14H15BrN2OS/c1-2-10-4-5-11(19-10)8-17-14(18)12-7-9(16)3-6-13(12)15/h3-7H,2,8,16H2,1H3,(H,17,18). The molecular weight excluding hydrogens is 324 g/mol. The third kappa shape index (κ3) is 3.58. The molecule has 2 rings (SSSR count). The predicted octanol–water partition coefficient (Wildman–Crippen LogP) is 3.59. The summed E-state index contributed by atoms with van der Waals surface area (Å²) in [5.41, 5.74) is 6.84. The molecule has 1 heterocycles. The predicted molar refractivity (Wildman–Crippen MR) is 83.4 cm³/mol. The number of hydrogen-bond acceptors (Lipinski definition) is 3. The molecule has 0 radical (unpaired) electrons. The fourth-order valence-electron chi connectivity index (χ4n) is 1.69. The molecule has 0 spiro atoms. The molecule has 0 bridgehead atoms. The van der Waals surface area contributed by atoms with Crippen LogP contribution in [0.5, 0.6) is 0 Å². The number of nitrogens with two attached hydrogens (primary N) is 1. The first-order chi connectivity index (χ1) is 9.10. The molecule has 3 N–H and O–H groups in total. The van der Waals surface area contributed by atoms with Crippen LogP contribution in [0.4, 0.5) is 5.69 Å². The number of hydrogen-bond donors (Lipinski definition) is 2. The summed E-state index contributed by atoms with van der Waals surface area (Å²) in [5, 5.41) is 2.91. The lowest BCUT2D eigenvalue weighted by Crippen LogP contribution is -2.22. The zero-order chi connectivity index (χ0) is 13.8. The Morgan fingerprint density at radius 2 is 2.05 bits per heavy atom. The highest BCUT2D eigenvalue weighted by Gasteiger charge is 2.10. The van der Waals surface area contributed by atoms with E-state index in [9.17, 15) is 4.79 Å². The molecule has 0 saturated carbocycles. The van der Waals surface area contributed by atoms with Gasteiger partial charge in [-0.05, 0) is 52.7 Å². The maximum absolute atomic E-state index is 12.1. The lowest BCUT2D eigenvalue weighted by molar-refractivity contribution is 0.0950. The van der Waals surface area contributed by atoms with Gasteiger partial charge in [-0.1, -0.05) is 6.92 Å². The van der Waals surface area contributed by atoms with Crippen molar-refractivity contribution in [3.8, 4) is 0 Å². The highest BCUT2D eigenvalue weighted by atomic mass is 79.9. The van der Waals surface area contributed by atoms with Gasteiger partial charge in [0.15, 0.2) is 0 Å². The van der Waals surface area contributed by atoms with E-state index in [2.05, 4.69) is 40.3 Å². The van der Waals surface area contributed by atoms with Crippen LogP contribution in [0.1, 0.15) is 27.0 Å².